The van der Waals surface area contributed by atoms with Crippen molar-refractivity contribution in [3.05, 3.63) is 52.7 Å². The fourth-order valence-corrected chi connectivity index (χ4v) is 4.91. The Labute approximate surface area is 181 Å². The van der Waals surface area contributed by atoms with E-state index >= 15 is 0 Å². The molecular formula is C22H26ClN5O2. The smallest absolute Gasteiger partial charge is 0.223 e. The van der Waals surface area contributed by atoms with Gasteiger partial charge in [0.05, 0.1) is 12.1 Å². The lowest BCUT2D eigenvalue weighted by Crippen LogP contribution is -2.42. The summed E-state index contributed by atoms with van der Waals surface area (Å²) in [6.45, 7) is 3.07. The molecule has 0 spiro atoms. The molecule has 2 atom stereocenters. The Morgan fingerprint density at radius 1 is 1.13 bits per heavy atom. The van der Waals surface area contributed by atoms with Crippen LogP contribution in [0.2, 0.25) is 5.15 Å². The first-order valence-corrected chi connectivity index (χ1v) is 11.1. The van der Waals surface area contributed by atoms with Crippen LogP contribution in [0.1, 0.15) is 36.4 Å². The Morgan fingerprint density at radius 3 is 2.77 bits per heavy atom. The van der Waals surface area contributed by atoms with Crippen molar-refractivity contribution < 1.29 is 9.63 Å². The van der Waals surface area contributed by atoms with Crippen LogP contribution in [0.25, 0.3) is 0 Å². The molecule has 0 bridgehead atoms. The summed E-state index contributed by atoms with van der Waals surface area (Å²) < 4.78 is 0. The van der Waals surface area contributed by atoms with Gasteiger partial charge in [-0.05, 0) is 48.9 Å². The number of carbonyl (C=O) groups excluding carboxylic acids is 1. The molecule has 5 rings (SSSR count). The third kappa shape index (κ3) is 4.02. The summed E-state index contributed by atoms with van der Waals surface area (Å²) in [5, 5.41) is 13.7. The van der Waals surface area contributed by atoms with E-state index in [0.29, 0.717) is 17.7 Å². The van der Waals surface area contributed by atoms with Crippen LogP contribution in [0.4, 0.5) is 5.82 Å². The maximum absolute atomic E-state index is 12.7. The lowest BCUT2D eigenvalue weighted by Gasteiger charge is -2.32. The number of anilines is 1. The van der Waals surface area contributed by atoms with E-state index in [1.807, 2.05) is 6.07 Å². The molecule has 4 heterocycles. The summed E-state index contributed by atoms with van der Waals surface area (Å²) in [4.78, 5) is 21.0. The van der Waals surface area contributed by atoms with E-state index < -0.39 is 0 Å². The van der Waals surface area contributed by atoms with Crippen molar-refractivity contribution in [2.45, 2.75) is 37.8 Å². The van der Waals surface area contributed by atoms with Gasteiger partial charge in [-0.3, -0.25) is 9.63 Å². The second-order valence-electron chi connectivity index (χ2n) is 8.29. The van der Waals surface area contributed by atoms with Crippen LogP contribution in [0.5, 0.6) is 0 Å². The van der Waals surface area contributed by atoms with E-state index in [1.54, 1.807) is 6.07 Å². The number of benzene rings is 1. The summed E-state index contributed by atoms with van der Waals surface area (Å²) in [6, 6.07) is 12.5. The molecule has 2 aromatic rings. The topological polar surface area (TPSA) is 70.6 Å². The number of amides is 1. The number of carbonyl (C=O) groups is 1. The van der Waals surface area contributed by atoms with Gasteiger partial charge in [0.15, 0.2) is 11.0 Å². The highest BCUT2D eigenvalue weighted by atomic mass is 35.5. The zero-order valence-corrected chi connectivity index (χ0v) is 17.6. The van der Waals surface area contributed by atoms with Crippen molar-refractivity contribution in [2.24, 2.45) is 5.92 Å². The maximum Gasteiger partial charge on any atom is 0.223 e. The standard InChI is InChI=1S/C22H26ClN5O2/c23-20-5-6-21(26-25-20)27-10-7-16(8-11-27)22(29)24-14-17-13-19-18-4-2-1-3-15(18)9-12-28(19)30-17/h1-6,16-17,19H,7-14H2,(H,24,29)/t17-,19-/m1/s1. The van der Waals surface area contributed by atoms with Crippen LogP contribution in [0, 0.1) is 5.92 Å². The zero-order chi connectivity index (χ0) is 20.5. The normalized spacial score (nSPS) is 24.4. The van der Waals surface area contributed by atoms with E-state index in [2.05, 4.69) is 49.7 Å². The molecule has 0 unspecified atom stereocenters. The predicted octanol–water partition coefficient (Wildman–Crippen LogP) is 2.77. The maximum atomic E-state index is 12.7. The Balaban J connectivity index is 1.10. The Hall–Kier alpha value is -2.22. The molecule has 0 saturated carbocycles. The summed E-state index contributed by atoms with van der Waals surface area (Å²) in [6.07, 6.45) is 3.59. The largest absolute Gasteiger partial charge is 0.355 e. The minimum Gasteiger partial charge on any atom is -0.355 e. The van der Waals surface area contributed by atoms with Gasteiger partial charge >= 0.3 is 0 Å². The lowest BCUT2D eigenvalue weighted by atomic mass is 9.91. The van der Waals surface area contributed by atoms with Gasteiger partial charge in [0.2, 0.25) is 5.91 Å². The highest BCUT2D eigenvalue weighted by Gasteiger charge is 2.38. The SMILES string of the molecule is O=C(NC[C@H]1C[C@@H]2c3ccccc3CCN2O1)C1CCN(c2ccc(Cl)nn2)CC1. The molecule has 1 aromatic carbocycles. The van der Waals surface area contributed by atoms with Crippen molar-refractivity contribution in [1.82, 2.24) is 20.6 Å². The quantitative estimate of drug-likeness (QED) is 0.809. The molecule has 8 heteroatoms. The second-order valence-corrected chi connectivity index (χ2v) is 8.68. The molecule has 2 fully saturated rings. The van der Waals surface area contributed by atoms with Gasteiger partial charge in [0, 0.05) is 32.1 Å². The number of piperidine rings is 1. The average molecular weight is 428 g/mol. The van der Waals surface area contributed by atoms with Gasteiger partial charge in [0.1, 0.15) is 0 Å². The number of aromatic nitrogens is 2. The van der Waals surface area contributed by atoms with Gasteiger partial charge < -0.3 is 10.2 Å². The molecule has 158 valence electrons. The molecule has 1 N–H and O–H groups in total. The number of nitrogens with one attached hydrogen (secondary N) is 1. The average Bonchev–Trinajstić information content (AvgIpc) is 3.22. The van der Waals surface area contributed by atoms with Gasteiger partial charge in [-0.1, -0.05) is 35.9 Å². The molecule has 30 heavy (non-hydrogen) atoms. The van der Waals surface area contributed by atoms with Crippen molar-refractivity contribution >= 4 is 23.3 Å². The third-order valence-electron chi connectivity index (χ3n) is 6.45. The van der Waals surface area contributed by atoms with E-state index in [1.165, 1.54) is 11.1 Å². The predicted molar refractivity (Wildman–Crippen MR) is 114 cm³/mol. The second kappa shape index (κ2) is 8.49. The lowest BCUT2D eigenvalue weighted by molar-refractivity contribution is -0.165. The minimum atomic E-state index is 0.0335. The molecule has 7 nitrogen and oxygen atoms in total. The molecule has 2 saturated heterocycles. The Kier molecular flexibility index (Phi) is 5.58. The van der Waals surface area contributed by atoms with Crippen LogP contribution >= 0.6 is 11.6 Å². The summed E-state index contributed by atoms with van der Waals surface area (Å²) in [5.41, 5.74) is 2.79. The fourth-order valence-electron chi connectivity index (χ4n) is 4.81. The monoisotopic (exact) mass is 427 g/mol. The first-order valence-electron chi connectivity index (χ1n) is 10.7. The number of nitrogens with zero attached hydrogens (tertiary/aromatic N) is 4. The molecule has 0 radical (unpaired) electrons. The van der Waals surface area contributed by atoms with Crippen molar-refractivity contribution in [1.29, 1.82) is 0 Å². The van der Waals surface area contributed by atoms with E-state index in [4.69, 9.17) is 16.4 Å². The van der Waals surface area contributed by atoms with Crippen LogP contribution < -0.4 is 10.2 Å². The van der Waals surface area contributed by atoms with Crippen LogP contribution in [-0.2, 0) is 16.1 Å². The van der Waals surface area contributed by atoms with E-state index in [9.17, 15) is 4.79 Å². The number of hydroxylamine groups is 2. The van der Waals surface area contributed by atoms with Crippen molar-refractivity contribution in [3.63, 3.8) is 0 Å². The summed E-state index contributed by atoms with van der Waals surface area (Å²) in [5.74, 6) is 0.978. The first kappa shape index (κ1) is 19.7. The summed E-state index contributed by atoms with van der Waals surface area (Å²) in [7, 11) is 0. The van der Waals surface area contributed by atoms with Crippen molar-refractivity contribution in [2.75, 3.05) is 31.1 Å². The number of fused-ring (bicyclic) bond motifs is 3. The molecule has 3 aliphatic heterocycles. The van der Waals surface area contributed by atoms with E-state index in [0.717, 1.165) is 51.1 Å². The van der Waals surface area contributed by atoms with Crippen LogP contribution in [0.15, 0.2) is 36.4 Å². The van der Waals surface area contributed by atoms with Gasteiger partial charge in [-0.2, -0.15) is 5.06 Å². The number of rotatable bonds is 4. The minimum absolute atomic E-state index is 0.0335. The van der Waals surface area contributed by atoms with Crippen LogP contribution in [-0.4, -0.2) is 53.5 Å². The van der Waals surface area contributed by atoms with Crippen LogP contribution in [0.3, 0.4) is 0 Å². The van der Waals surface area contributed by atoms with Gasteiger partial charge in [-0.25, -0.2) is 0 Å². The zero-order valence-electron chi connectivity index (χ0n) is 16.8. The Bertz CT molecular complexity index is 901. The highest BCUT2D eigenvalue weighted by Crippen LogP contribution is 2.38. The van der Waals surface area contributed by atoms with Gasteiger partial charge in [-0.15, -0.1) is 10.2 Å². The number of hydrogen-bond donors (Lipinski definition) is 1. The molecular weight excluding hydrogens is 402 g/mol. The molecule has 3 aliphatic rings. The van der Waals surface area contributed by atoms with E-state index in [-0.39, 0.29) is 17.9 Å². The first-order chi connectivity index (χ1) is 14.7. The highest BCUT2D eigenvalue weighted by molar-refractivity contribution is 6.29. The Morgan fingerprint density at radius 2 is 1.97 bits per heavy atom. The fraction of sp³-hybridized carbons (Fsp3) is 0.500. The number of halogens is 1. The van der Waals surface area contributed by atoms with Gasteiger partial charge in [0.25, 0.3) is 0 Å². The third-order valence-corrected chi connectivity index (χ3v) is 6.65. The summed E-state index contributed by atoms with van der Waals surface area (Å²) >= 11 is 5.81. The van der Waals surface area contributed by atoms with Crippen molar-refractivity contribution in [3.8, 4) is 0 Å². The molecule has 0 aliphatic carbocycles. The molecule has 1 amide bonds. The number of hydrogen-bond acceptors (Lipinski definition) is 6. The molecule has 1 aromatic heterocycles.